The van der Waals surface area contributed by atoms with Crippen molar-refractivity contribution in [1.29, 1.82) is 0 Å². The molecule has 3 aliphatic heterocycles. The Morgan fingerprint density at radius 2 is 1.56 bits per heavy atom. The van der Waals surface area contributed by atoms with Crippen molar-refractivity contribution in [1.82, 2.24) is 5.01 Å². The molecule has 2 amide bonds. The number of carbonyl (C=O) groups is 4. The van der Waals surface area contributed by atoms with Gasteiger partial charge in [-0.25, -0.2) is 4.90 Å². The smallest absolute Gasteiger partial charge is 0.308 e. The minimum absolute atomic E-state index is 0.291. The zero-order valence-electron chi connectivity index (χ0n) is 18.5. The van der Waals surface area contributed by atoms with E-state index in [4.69, 9.17) is 9.47 Å². The fourth-order valence-corrected chi connectivity index (χ4v) is 4.85. The average molecular weight is 459 g/mol. The van der Waals surface area contributed by atoms with Crippen LogP contribution < -0.4 is 14.4 Å². The molecule has 34 heavy (non-hydrogen) atoms. The van der Waals surface area contributed by atoms with Crippen LogP contribution in [0.5, 0.6) is 11.5 Å². The highest BCUT2D eigenvalue weighted by Gasteiger charge is 2.64. The van der Waals surface area contributed by atoms with E-state index in [-0.39, 0.29) is 5.78 Å². The number of carbonyl (C=O) groups excluding carboxylic acids is 4. The molecule has 0 N–H and O–H groups in total. The zero-order chi connectivity index (χ0) is 24.0. The molecule has 5 rings (SSSR count). The van der Waals surface area contributed by atoms with Crippen molar-refractivity contribution in [2.75, 3.05) is 12.0 Å². The van der Waals surface area contributed by atoms with E-state index in [2.05, 4.69) is 5.10 Å². The quantitative estimate of drug-likeness (QED) is 0.292. The first-order chi connectivity index (χ1) is 16.4. The first-order valence-electron chi connectivity index (χ1n) is 10.7. The number of fused-ring (bicyclic) bond motifs is 3. The SMILES string of the molecule is COc1ccc(C(=O)[C@H]2[C@H]3C(=O)N(c4ccc(OC(C)=O)cc4)C(=O)[C@H]3[C@@H]3C=CC=NN32)cc1. The number of Topliss-reactive ketones (excluding diaryl/α,β-unsaturated/α-hetero) is 1. The Balaban J connectivity index is 1.50. The lowest BCUT2D eigenvalue weighted by Crippen LogP contribution is -2.46. The fourth-order valence-electron chi connectivity index (χ4n) is 4.85. The Kier molecular flexibility index (Phi) is 5.24. The van der Waals surface area contributed by atoms with Crippen LogP contribution in [0.25, 0.3) is 0 Å². The molecule has 2 fully saturated rings. The van der Waals surface area contributed by atoms with Crippen molar-refractivity contribution in [3.63, 3.8) is 0 Å². The first-order valence-corrected chi connectivity index (χ1v) is 10.7. The third-order valence-corrected chi connectivity index (χ3v) is 6.29. The fraction of sp³-hybridized carbons (Fsp3) is 0.240. The molecule has 0 aliphatic carbocycles. The molecule has 0 aromatic heterocycles. The minimum Gasteiger partial charge on any atom is -0.497 e. The normalized spacial score (nSPS) is 24.8. The molecule has 0 spiro atoms. The van der Waals surface area contributed by atoms with Crippen molar-refractivity contribution in [3.05, 3.63) is 66.2 Å². The van der Waals surface area contributed by atoms with Crippen LogP contribution in [0.3, 0.4) is 0 Å². The lowest BCUT2D eigenvalue weighted by Gasteiger charge is -2.30. The van der Waals surface area contributed by atoms with Gasteiger partial charge < -0.3 is 9.47 Å². The molecule has 172 valence electrons. The van der Waals surface area contributed by atoms with Crippen molar-refractivity contribution >= 4 is 35.5 Å². The predicted octanol–water partition coefficient (Wildman–Crippen LogP) is 2.22. The first kappa shape index (κ1) is 21.6. The van der Waals surface area contributed by atoms with Gasteiger partial charge in [0.05, 0.1) is 30.7 Å². The van der Waals surface area contributed by atoms with Gasteiger partial charge in [-0.3, -0.25) is 24.2 Å². The second kappa shape index (κ2) is 8.26. The summed E-state index contributed by atoms with van der Waals surface area (Å²) in [5.74, 6) is -2.34. The molecule has 3 aliphatic rings. The topological polar surface area (TPSA) is 106 Å². The summed E-state index contributed by atoms with van der Waals surface area (Å²) >= 11 is 0. The maximum absolute atomic E-state index is 13.6. The highest BCUT2D eigenvalue weighted by molar-refractivity contribution is 6.24. The van der Waals surface area contributed by atoms with Gasteiger partial charge in [-0.1, -0.05) is 6.08 Å². The lowest BCUT2D eigenvalue weighted by molar-refractivity contribution is -0.132. The number of anilines is 1. The summed E-state index contributed by atoms with van der Waals surface area (Å²) in [5.41, 5.74) is 0.755. The third kappa shape index (κ3) is 3.37. The largest absolute Gasteiger partial charge is 0.497 e. The average Bonchev–Trinajstić information content (AvgIpc) is 3.31. The molecule has 2 aromatic carbocycles. The van der Waals surface area contributed by atoms with Gasteiger partial charge in [-0.05, 0) is 54.6 Å². The van der Waals surface area contributed by atoms with Gasteiger partial charge in [0.15, 0.2) is 5.78 Å². The van der Waals surface area contributed by atoms with Crippen LogP contribution in [0, 0.1) is 11.8 Å². The van der Waals surface area contributed by atoms with E-state index in [0.29, 0.717) is 22.7 Å². The number of nitrogens with zero attached hydrogens (tertiary/aromatic N) is 3. The van der Waals surface area contributed by atoms with Gasteiger partial charge in [0.25, 0.3) is 0 Å². The van der Waals surface area contributed by atoms with Gasteiger partial charge in [-0.2, -0.15) is 5.10 Å². The van der Waals surface area contributed by atoms with Gasteiger partial charge in [0.1, 0.15) is 17.5 Å². The third-order valence-electron chi connectivity index (χ3n) is 6.29. The summed E-state index contributed by atoms with van der Waals surface area (Å²) in [4.78, 5) is 52.9. The van der Waals surface area contributed by atoms with Crippen molar-refractivity contribution in [2.45, 2.75) is 19.0 Å². The molecule has 3 heterocycles. The monoisotopic (exact) mass is 459 g/mol. The molecule has 0 radical (unpaired) electrons. The second-order valence-corrected chi connectivity index (χ2v) is 8.21. The molecule has 0 unspecified atom stereocenters. The molecule has 4 atom stereocenters. The van der Waals surface area contributed by atoms with E-state index >= 15 is 0 Å². The molecule has 0 saturated carbocycles. The highest BCUT2D eigenvalue weighted by atomic mass is 16.5. The predicted molar refractivity (Wildman–Crippen MR) is 122 cm³/mol. The summed E-state index contributed by atoms with van der Waals surface area (Å²) < 4.78 is 10.2. The lowest BCUT2D eigenvalue weighted by atomic mass is 9.86. The van der Waals surface area contributed by atoms with E-state index in [1.54, 1.807) is 59.8 Å². The number of imide groups is 1. The van der Waals surface area contributed by atoms with Gasteiger partial charge in [-0.15, -0.1) is 0 Å². The number of hydrogen-bond acceptors (Lipinski definition) is 8. The van der Waals surface area contributed by atoms with Crippen LogP contribution in [0.2, 0.25) is 0 Å². The van der Waals surface area contributed by atoms with Crippen LogP contribution in [0.1, 0.15) is 17.3 Å². The molecule has 9 nitrogen and oxygen atoms in total. The molecule has 0 bridgehead atoms. The number of hydrazone groups is 1. The molecule has 9 heteroatoms. The molecular weight excluding hydrogens is 438 g/mol. The molecular formula is C25H21N3O6. The summed E-state index contributed by atoms with van der Waals surface area (Å²) in [7, 11) is 1.54. The summed E-state index contributed by atoms with van der Waals surface area (Å²) in [6.45, 7) is 1.29. The van der Waals surface area contributed by atoms with Gasteiger partial charge >= 0.3 is 5.97 Å². The number of methoxy groups -OCH3 is 1. The van der Waals surface area contributed by atoms with E-state index < -0.39 is 41.7 Å². The van der Waals surface area contributed by atoms with Crippen LogP contribution in [-0.4, -0.2) is 54.0 Å². The maximum atomic E-state index is 13.6. The Hall–Kier alpha value is -4.27. The van der Waals surface area contributed by atoms with Crippen LogP contribution in [-0.2, 0) is 14.4 Å². The van der Waals surface area contributed by atoms with Crippen LogP contribution >= 0.6 is 0 Å². The number of esters is 1. The van der Waals surface area contributed by atoms with Crippen molar-refractivity contribution in [2.24, 2.45) is 16.9 Å². The van der Waals surface area contributed by atoms with Crippen molar-refractivity contribution < 1.29 is 28.7 Å². The Bertz CT molecular complexity index is 1230. The number of rotatable bonds is 5. The van der Waals surface area contributed by atoms with Gasteiger partial charge in [0, 0.05) is 18.7 Å². The number of allylic oxidation sites excluding steroid dienone is 1. The Labute approximate surface area is 195 Å². The molecule has 2 saturated heterocycles. The number of ketones is 1. The zero-order valence-corrected chi connectivity index (χ0v) is 18.5. The number of hydrogen-bond donors (Lipinski definition) is 0. The number of amides is 2. The summed E-state index contributed by atoms with van der Waals surface area (Å²) in [6, 6.07) is 11.3. The van der Waals surface area contributed by atoms with Gasteiger partial charge in [0.2, 0.25) is 11.8 Å². The molecule has 2 aromatic rings. The highest BCUT2D eigenvalue weighted by Crippen LogP contribution is 2.46. The van der Waals surface area contributed by atoms with E-state index in [0.717, 1.165) is 4.90 Å². The van der Waals surface area contributed by atoms with Crippen molar-refractivity contribution in [3.8, 4) is 11.5 Å². The summed E-state index contributed by atoms with van der Waals surface area (Å²) in [5, 5.41) is 5.91. The van der Waals surface area contributed by atoms with E-state index in [9.17, 15) is 19.2 Å². The Morgan fingerprint density at radius 1 is 0.912 bits per heavy atom. The second-order valence-electron chi connectivity index (χ2n) is 8.21. The minimum atomic E-state index is -0.925. The summed E-state index contributed by atoms with van der Waals surface area (Å²) in [6.07, 6.45) is 5.06. The number of ether oxygens (including phenoxy) is 2. The standard InChI is InChI=1S/C25H21N3O6/c1-14(29)34-18-11-7-16(8-12-18)27-24(31)20-19-4-3-13-26-28(19)22(21(20)25(27)32)23(30)15-5-9-17(33-2)10-6-15/h3-13,19-22H,1-2H3/t19-,20-,21-,22+/m0/s1. The van der Waals surface area contributed by atoms with Crippen LogP contribution in [0.15, 0.2) is 65.8 Å². The Morgan fingerprint density at radius 3 is 2.21 bits per heavy atom. The van der Waals surface area contributed by atoms with E-state index in [1.165, 1.54) is 26.2 Å². The maximum Gasteiger partial charge on any atom is 0.308 e. The van der Waals surface area contributed by atoms with E-state index in [1.807, 2.05) is 0 Å². The van der Waals surface area contributed by atoms with Crippen LogP contribution in [0.4, 0.5) is 5.69 Å². The number of benzene rings is 2.